The van der Waals surface area contributed by atoms with Crippen LogP contribution in [0.3, 0.4) is 0 Å². The van der Waals surface area contributed by atoms with Crippen LogP contribution in [0.5, 0.6) is 5.75 Å². The number of benzene rings is 2. The van der Waals surface area contributed by atoms with Gasteiger partial charge in [0.25, 0.3) is 0 Å². The van der Waals surface area contributed by atoms with Gasteiger partial charge in [-0.2, -0.15) is 5.10 Å². The van der Waals surface area contributed by atoms with Gasteiger partial charge in [-0.3, -0.25) is 5.43 Å². The van der Waals surface area contributed by atoms with Crippen molar-refractivity contribution in [2.75, 3.05) is 12.4 Å². The lowest BCUT2D eigenvalue weighted by molar-refractivity contribution is 0.415. The average Bonchev–Trinajstić information content (AvgIpc) is 2.56. The van der Waals surface area contributed by atoms with Crippen molar-refractivity contribution in [3.8, 4) is 5.75 Å². The number of anilines is 1. The molecule has 0 saturated heterocycles. The number of nitrogens with one attached hydrogen (secondary N) is 2. The van der Waals surface area contributed by atoms with E-state index in [1.165, 1.54) is 0 Å². The van der Waals surface area contributed by atoms with E-state index < -0.39 is 0 Å². The highest BCUT2D eigenvalue weighted by molar-refractivity contribution is 7.80. The quantitative estimate of drug-likeness (QED) is 0.501. The lowest BCUT2D eigenvalue weighted by Gasteiger charge is -2.10. The lowest BCUT2D eigenvalue weighted by atomic mass is 10.1. The number of rotatable bonds is 5. The SMILES string of the molecule is CC/C(=N\NC(=S)Nc1cccc(OC)c1)c1ccccc1. The van der Waals surface area contributed by atoms with Crippen molar-refractivity contribution in [1.82, 2.24) is 5.43 Å². The number of thiocarbonyl (C=S) groups is 1. The molecule has 4 nitrogen and oxygen atoms in total. The Morgan fingerprint density at radius 1 is 1.14 bits per heavy atom. The van der Waals surface area contributed by atoms with Crippen LogP contribution in [-0.2, 0) is 0 Å². The number of hydrogen-bond donors (Lipinski definition) is 2. The van der Waals surface area contributed by atoms with Gasteiger partial charge >= 0.3 is 0 Å². The van der Waals surface area contributed by atoms with Crippen LogP contribution in [0.25, 0.3) is 0 Å². The summed E-state index contributed by atoms with van der Waals surface area (Å²) in [7, 11) is 1.63. The van der Waals surface area contributed by atoms with E-state index in [1.54, 1.807) is 7.11 Å². The van der Waals surface area contributed by atoms with E-state index >= 15 is 0 Å². The first-order valence-corrected chi connectivity index (χ1v) is 7.46. The topological polar surface area (TPSA) is 45.7 Å². The van der Waals surface area contributed by atoms with Gasteiger partial charge in [-0.1, -0.05) is 43.3 Å². The summed E-state index contributed by atoms with van der Waals surface area (Å²) < 4.78 is 5.18. The molecule has 0 unspecified atom stereocenters. The minimum absolute atomic E-state index is 0.440. The summed E-state index contributed by atoms with van der Waals surface area (Å²) in [6.45, 7) is 2.06. The molecule has 0 atom stereocenters. The second-order valence-corrected chi connectivity index (χ2v) is 4.98. The van der Waals surface area contributed by atoms with Gasteiger partial charge < -0.3 is 10.1 Å². The van der Waals surface area contributed by atoms with Crippen molar-refractivity contribution >= 4 is 28.7 Å². The Morgan fingerprint density at radius 2 is 1.91 bits per heavy atom. The average molecular weight is 313 g/mol. The second-order valence-electron chi connectivity index (χ2n) is 4.58. The number of hydrazone groups is 1. The molecule has 114 valence electrons. The lowest BCUT2D eigenvalue weighted by Crippen LogP contribution is -2.25. The predicted octanol–water partition coefficient (Wildman–Crippen LogP) is 3.80. The second kappa shape index (κ2) is 8.14. The van der Waals surface area contributed by atoms with Crippen molar-refractivity contribution in [2.24, 2.45) is 5.10 Å². The standard InChI is InChI=1S/C17H19N3OS/c1-3-16(13-8-5-4-6-9-13)19-20-17(22)18-14-10-7-11-15(12-14)21-2/h4-12H,3H2,1-2H3,(H2,18,20,22)/b19-16+. The predicted molar refractivity (Wildman–Crippen MR) is 95.6 cm³/mol. The maximum absolute atomic E-state index is 5.26. The molecule has 0 saturated carbocycles. The van der Waals surface area contributed by atoms with E-state index in [0.29, 0.717) is 5.11 Å². The Bertz CT molecular complexity index is 656. The van der Waals surface area contributed by atoms with Gasteiger partial charge in [0.15, 0.2) is 5.11 Å². The Hall–Kier alpha value is -2.40. The molecule has 0 amide bonds. The van der Waals surface area contributed by atoms with E-state index in [1.807, 2.05) is 54.6 Å². The molecular formula is C17H19N3OS. The van der Waals surface area contributed by atoms with Crippen molar-refractivity contribution in [1.29, 1.82) is 0 Å². The van der Waals surface area contributed by atoms with Crippen molar-refractivity contribution in [3.63, 3.8) is 0 Å². The summed E-state index contributed by atoms with van der Waals surface area (Å²) in [5, 5.41) is 7.90. The maximum Gasteiger partial charge on any atom is 0.191 e. The molecule has 0 aromatic heterocycles. The number of ether oxygens (including phenoxy) is 1. The van der Waals surface area contributed by atoms with Gasteiger partial charge in [-0.15, -0.1) is 0 Å². The molecule has 0 aliphatic carbocycles. The summed E-state index contributed by atoms with van der Waals surface area (Å²) in [5.41, 5.74) is 5.78. The zero-order chi connectivity index (χ0) is 15.8. The number of nitrogens with zero attached hydrogens (tertiary/aromatic N) is 1. The molecule has 22 heavy (non-hydrogen) atoms. The summed E-state index contributed by atoms with van der Waals surface area (Å²) in [6.07, 6.45) is 0.818. The fraction of sp³-hybridized carbons (Fsp3) is 0.176. The van der Waals surface area contributed by atoms with Crippen LogP contribution in [0.4, 0.5) is 5.69 Å². The Morgan fingerprint density at radius 3 is 2.59 bits per heavy atom. The molecule has 0 spiro atoms. The fourth-order valence-electron chi connectivity index (χ4n) is 1.96. The largest absolute Gasteiger partial charge is 0.497 e. The molecule has 0 heterocycles. The van der Waals surface area contributed by atoms with E-state index in [0.717, 1.165) is 29.1 Å². The molecule has 0 fully saturated rings. The molecular weight excluding hydrogens is 294 g/mol. The van der Waals surface area contributed by atoms with Crippen LogP contribution >= 0.6 is 12.2 Å². The van der Waals surface area contributed by atoms with Crippen LogP contribution in [0.2, 0.25) is 0 Å². The Balaban J connectivity index is 2.00. The number of hydrogen-bond acceptors (Lipinski definition) is 3. The first kappa shape index (κ1) is 16.0. The van der Waals surface area contributed by atoms with Crippen LogP contribution in [0.15, 0.2) is 59.7 Å². The van der Waals surface area contributed by atoms with Gasteiger partial charge in [0.2, 0.25) is 0 Å². The molecule has 2 aromatic carbocycles. The summed E-state index contributed by atoms with van der Waals surface area (Å²) in [4.78, 5) is 0. The first-order valence-electron chi connectivity index (χ1n) is 7.06. The third-order valence-corrected chi connectivity index (χ3v) is 3.26. The van der Waals surface area contributed by atoms with Crippen LogP contribution < -0.4 is 15.5 Å². The molecule has 0 radical (unpaired) electrons. The minimum atomic E-state index is 0.440. The third-order valence-electron chi connectivity index (χ3n) is 3.06. The monoisotopic (exact) mass is 313 g/mol. The summed E-state index contributed by atoms with van der Waals surface area (Å²) in [5.74, 6) is 0.773. The van der Waals surface area contributed by atoms with Crippen LogP contribution in [-0.4, -0.2) is 17.9 Å². The van der Waals surface area contributed by atoms with Gasteiger partial charge in [0, 0.05) is 11.8 Å². The van der Waals surface area contributed by atoms with E-state index in [2.05, 4.69) is 22.8 Å². The van der Waals surface area contributed by atoms with Gasteiger partial charge in [-0.05, 0) is 36.3 Å². The van der Waals surface area contributed by atoms with Crippen molar-refractivity contribution in [3.05, 3.63) is 60.2 Å². The normalized spacial score (nSPS) is 10.9. The third kappa shape index (κ3) is 4.56. The van der Waals surface area contributed by atoms with E-state index in [4.69, 9.17) is 17.0 Å². The highest BCUT2D eigenvalue weighted by atomic mass is 32.1. The maximum atomic E-state index is 5.26. The molecule has 0 aliphatic heterocycles. The fourth-order valence-corrected chi connectivity index (χ4v) is 2.12. The highest BCUT2D eigenvalue weighted by Crippen LogP contribution is 2.16. The zero-order valence-electron chi connectivity index (χ0n) is 12.7. The molecule has 2 rings (SSSR count). The van der Waals surface area contributed by atoms with Gasteiger partial charge in [0.1, 0.15) is 5.75 Å². The van der Waals surface area contributed by atoms with E-state index in [9.17, 15) is 0 Å². The molecule has 2 N–H and O–H groups in total. The molecule has 0 bridgehead atoms. The van der Waals surface area contributed by atoms with Gasteiger partial charge in [0.05, 0.1) is 12.8 Å². The number of methoxy groups -OCH3 is 1. The zero-order valence-corrected chi connectivity index (χ0v) is 13.5. The van der Waals surface area contributed by atoms with Crippen LogP contribution in [0, 0.1) is 0 Å². The molecule has 5 heteroatoms. The van der Waals surface area contributed by atoms with Crippen molar-refractivity contribution in [2.45, 2.75) is 13.3 Å². The summed E-state index contributed by atoms with van der Waals surface area (Å²) >= 11 is 5.26. The van der Waals surface area contributed by atoms with Crippen LogP contribution in [0.1, 0.15) is 18.9 Å². The summed E-state index contributed by atoms with van der Waals surface area (Å²) in [6, 6.07) is 17.6. The minimum Gasteiger partial charge on any atom is -0.497 e. The van der Waals surface area contributed by atoms with E-state index in [-0.39, 0.29) is 0 Å². The first-order chi connectivity index (χ1) is 10.7. The Kier molecular flexibility index (Phi) is 5.91. The van der Waals surface area contributed by atoms with Gasteiger partial charge in [-0.25, -0.2) is 0 Å². The van der Waals surface area contributed by atoms with Crippen molar-refractivity contribution < 1.29 is 4.74 Å². The Labute approximate surface area is 136 Å². The highest BCUT2D eigenvalue weighted by Gasteiger charge is 2.02. The molecule has 0 aliphatic rings. The molecule has 2 aromatic rings. The smallest absolute Gasteiger partial charge is 0.191 e.